The summed E-state index contributed by atoms with van der Waals surface area (Å²) in [4.78, 5) is 12.7. The Morgan fingerprint density at radius 3 is 2.43 bits per heavy atom. The van der Waals surface area contributed by atoms with Crippen molar-refractivity contribution in [2.24, 2.45) is 0 Å². The first kappa shape index (κ1) is 22.2. The van der Waals surface area contributed by atoms with Crippen LogP contribution in [0.15, 0.2) is 12.3 Å². The first-order valence-corrected chi connectivity index (χ1v) is 9.50. The van der Waals surface area contributed by atoms with E-state index in [4.69, 9.17) is 0 Å². The summed E-state index contributed by atoms with van der Waals surface area (Å²) in [5.74, 6) is -0.542. The minimum Gasteiger partial charge on any atom is -0.350 e. The fourth-order valence-electron chi connectivity index (χ4n) is 3.70. The van der Waals surface area contributed by atoms with Crippen LogP contribution in [0.4, 0.5) is 26.3 Å². The molecular weight excluding hydrogens is 416 g/mol. The third-order valence-corrected chi connectivity index (χ3v) is 4.99. The van der Waals surface area contributed by atoms with Crippen molar-refractivity contribution >= 4 is 5.91 Å². The molecule has 30 heavy (non-hydrogen) atoms. The van der Waals surface area contributed by atoms with Gasteiger partial charge in [-0.1, -0.05) is 6.92 Å². The molecule has 2 aromatic heterocycles. The van der Waals surface area contributed by atoms with E-state index in [-0.39, 0.29) is 24.9 Å². The zero-order chi connectivity index (χ0) is 22.3. The van der Waals surface area contributed by atoms with Crippen molar-refractivity contribution in [2.75, 3.05) is 0 Å². The zero-order valence-corrected chi connectivity index (χ0v) is 16.3. The molecule has 1 N–H and O–H groups in total. The molecule has 12 heteroatoms. The van der Waals surface area contributed by atoms with Crippen LogP contribution in [0.25, 0.3) is 0 Å². The summed E-state index contributed by atoms with van der Waals surface area (Å²) in [6.07, 6.45) is -6.57. The van der Waals surface area contributed by atoms with E-state index in [1.54, 1.807) is 13.8 Å². The van der Waals surface area contributed by atoms with Gasteiger partial charge in [0.25, 0.3) is 0 Å². The van der Waals surface area contributed by atoms with E-state index in [0.717, 1.165) is 21.6 Å². The molecule has 2 atom stereocenters. The highest BCUT2D eigenvalue weighted by molar-refractivity contribution is 5.80. The minimum atomic E-state index is -4.60. The Morgan fingerprint density at radius 2 is 1.87 bits per heavy atom. The van der Waals surface area contributed by atoms with E-state index in [2.05, 4.69) is 15.5 Å². The minimum absolute atomic E-state index is 0.0245. The second-order valence-electron chi connectivity index (χ2n) is 7.32. The molecule has 1 aliphatic rings. The molecule has 0 fully saturated rings. The Kier molecular flexibility index (Phi) is 5.87. The summed E-state index contributed by atoms with van der Waals surface area (Å²) in [7, 11) is 0. The maximum absolute atomic E-state index is 13.3. The molecular formula is C18H21F6N5O. The maximum Gasteiger partial charge on any atom is 0.435 e. The number of alkyl halides is 6. The topological polar surface area (TPSA) is 64.7 Å². The highest BCUT2D eigenvalue weighted by Crippen LogP contribution is 2.37. The number of aromatic nitrogens is 4. The summed E-state index contributed by atoms with van der Waals surface area (Å²) < 4.78 is 80.0. The van der Waals surface area contributed by atoms with Crippen LogP contribution >= 0.6 is 0 Å². The van der Waals surface area contributed by atoms with Crippen molar-refractivity contribution in [1.82, 2.24) is 24.9 Å². The molecule has 0 radical (unpaired) electrons. The summed E-state index contributed by atoms with van der Waals surface area (Å²) in [6.45, 7) is 3.21. The first-order valence-electron chi connectivity index (χ1n) is 9.50. The van der Waals surface area contributed by atoms with Crippen LogP contribution < -0.4 is 5.32 Å². The van der Waals surface area contributed by atoms with Crippen molar-refractivity contribution in [3.63, 3.8) is 0 Å². The number of fused-ring (bicyclic) bond motifs is 1. The smallest absolute Gasteiger partial charge is 0.350 e. The molecule has 2 heterocycles. The number of carbonyl (C=O) groups excluding carboxylic acids is 1. The fourth-order valence-corrected chi connectivity index (χ4v) is 3.70. The molecule has 0 saturated carbocycles. The monoisotopic (exact) mass is 437 g/mol. The molecule has 1 amide bonds. The molecule has 1 aliphatic carbocycles. The number of rotatable bonds is 6. The van der Waals surface area contributed by atoms with E-state index < -0.39 is 41.7 Å². The first-order chi connectivity index (χ1) is 13.9. The molecule has 3 rings (SSSR count). The Balaban J connectivity index is 1.73. The molecule has 166 valence electrons. The lowest BCUT2D eigenvalue weighted by atomic mass is 10.1. The summed E-state index contributed by atoms with van der Waals surface area (Å²) in [6, 6.07) is -0.716. The Labute approximate surface area is 168 Å². The van der Waals surface area contributed by atoms with Gasteiger partial charge in [-0.05, 0) is 38.7 Å². The van der Waals surface area contributed by atoms with Gasteiger partial charge < -0.3 is 5.32 Å². The van der Waals surface area contributed by atoms with Gasteiger partial charge in [0.1, 0.15) is 6.04 Å². The highest BCUT2D eigenvalue weighted by Gasteiger charge is 2.41. The van der Waals surface area contributed by atoms with Gasteiger partial charge in [0.05, 0.1) is 6.54 Å². The zero-order valence-electron chi connectivity index (χ0n) is 16.3. The van der Waals surface area contributed by atoms with Gasteiger partial charge in [-0.15, -0.1) is 0 Å². The van der Waals surface area contributed by atoms with Crippen molar-refractivity contribution in [1.29, 1.82) is 0 Å². The van der Waals surface area contributed by atoms with Crippen LogP contribution in [0.2, 0.25) is 0 Å². The van der Waals surface area contributed by atoms with E-state index in [1.165, 1.54) is 0 Å². The van der Waals surface area contributed by atoms with Crippen LogP contribution in [-0.4, -0.2) is 31.5 Å². The Hall–Kier alpha value is -2.53. The third-order valence-electron chi connectivity index (χ3n) is 4.99. The second-order valence-corrected chi connectivity index (χ2v) is 7.32. The summed E-state index contributed by atoms with van der Waals surface area (Å²) in [5.41, 5.74) is -1.44. The standard InChI is InChI=1S/C18H21F6N5O/c1-3-12(29-13-6-4-5-11(13)15(27-29)18(22,23)24)16(30)25-10(2)9-28-8-7-14(26-28)17(19,20)21/h7-8,10,12H,3-6,9H2,1-2H3,(H,25,30)/t10-,12-/m1/s1. The van der Waals surface area contributed by atoms with Gasteiger partial charge in [0, 0.05) is 23.5 Å². The predicted octanol–water partition coefficient (Wildman–Crippen LogP) is 3.76. The summed E-state index contributed by atoms with van der Waals surface area (Å²) in [5, 5.41) is 9.77. The maximum atomic E-state index is 13.3. The van der Waals surface area contributed by atoms with E-state index in [0.29, 0.717) is 18.5 Å². The summed E-state index contributed by atoms with van der Waals surface area (Å²) >= 11 is 0. The van der Waals surface area contributed by atoms with Gasteiger partial charge in [0.15, 0.2) is 11.4 Å². The molecule has 0 bridgehead atoms. The van der Waals surface area contributed by atoms with E-state index in [1.807, 2.05) is 0 Å². The van der Waals surface area contributed by atoms with Crippen LogP contribution in [-0.2, 0) is 36.5 Å². The van der Waals surface area contributed by atoms with Gasteiger partial charge in [0.2, 0.25) is 5.91 Å². The molecule has 2 aromatic rings. The van der Waals surface area contributed by atoms with Gasteiger partial charge in [-0.3, -0.25) is 14.2 Å². The molecule has 0 unspecified atom stereocenters. The lowest BCUT2D eigenvalue weighted by molar-refractivity contribution is -0.142. The molecule has 6 nitrogen and oxygen atoms in total. The largest absolute Gasteiger partial charge is 0.435 e. The van der Waals surface area contributed by atoms with Crippen LogP contribution in [0.1, 0.15) is 55.4 Å². The predicted molar refractivity (Wildman–Crippen MR) is 93.4 cm³/mol. The number of hydrogen-bond donors (Lipinski definition) is 1. The third kappa shape index (κ3) is 4.46. The fraction of sp³-hybridized carbons (Fsp3) is 0.611. The lowest BCUT2D eigenvalue weighted by Gasteiger charge is -2.21. The molecule has 0 aliphatic heterocycles. The molecule has 0 spiro atoms. The van der Waals surface area contributed by atoms with Crippen molar-refractivity contribution in [2.45, 2.75) is 70.5 Å². The van der Waals surface area contributed by atoms with E-state index >= 15 is 0 Å². The van der Waals surface area contributed by atoms with E-state index in [9.17, 15) is 31.1 Å². The highest BCUT2D eigenvalue weighted by atomic mass is 19.4. The SMILES string of the molecule is CC[C@H](C(=O)N[C@H](C)Cn1ccc(C(F)(F)F)n1)n1nc(C(F)(F)F)c2c1CCC2. The average Bonchev–Trinajstić information content (AvgIpc) is 3.30. The van der Waals surface area contributed by atoms with Gasteiger partial charge >= 0.3 is 12.4 Å². The number of nitrogens with zero attached hydrogens (tertiary/aromatic N) is 4. The van der Waals surface area contributed by atoms with Crippen LogP contribution in [0.5, 0.6) is 0 Å². The van der Waals surface area contributed by atoms with Gasteiger partial charge in [-0.25, -0.2) is 0 Å². The number of halogens is 6. The van der Waals surface area contributed by atoms with Gasteiger partial charge in [-0.2, -0.15) is 36.5 Å². The molecule has 0 saturated heterocycles. The quantitative estimate of drug-likeness (QED) is 0.700. The van der Waals surface area contributed by atoms with Crippen LogP contribution in [0.3, 0.4) is 0 Å². The average molecular weight is 437 g/mol. The normalized spacial score (nSPS) is 16.4. The van der Waals surface area contributed by atoms with Crippen molar-refractivity contribution < 1.29 is 31.1 Å². The Morgan fingerprint density at radius 1 is 1.17 bits per heavy atom. The van der Waals surface area contributed by atoms with Crippen LogP contribution in [0, 0.1) is 0 Å². The molecule has 0 aromatic carbocycles. The Bertz CT molecular complexity index is 913. The van der Waals surface area contributed by atoms with Crippen molar-refractivity contribution in [3.05, 3.63) is 34.9 Å². The number of carbonyl (C=O) groups is 1. The number of amides is 1. The number of hydrogen-bond acceptors (Lipinski definition) is 3. The second kappa shape index (κ2) is 7.95. The number of nitrogens with one attached hydrogen (secondary N) is 1. The van der Waals surface area contributed by atoms with Crippen molar-refractivity contribution in [3.8, 4) is 0 Å². The lowest BCUT2D eigenvalue weighted by Crippen LogP contribution is -2.41.